The number of hydrogen-bond donors (Lipinski definition) is 1. The molecule has 3 aromatic carbocycles. The van der Waals surface area contributed by atoms with Crippen LogP contribution in [0.5, 0.6) is 5.75 Å². The Balaban J connectivity index is 1.55. The zero-order chi connectivity index (χ0) is 22.7. The van der Waals surface area contributed by atoms with Crippen molar-refractivity contribution in [2.75, 3.05) is 0 Å². The predicted molar refractivity (Wildman–Crippen MR) is 123 cm³/mol. The Morgan fingerprint density at radius 1 is 1.03 bits per heavy atom. The summed E-state index contributed by atoms with van der Waals surface area (Å²) in [5, 5.41) is 2.64. The van der Waals surface area contributed by atoms with E-state index < -0.39 is 11.9 Å². The molecular weight excluding hydrogens is 475 g/mol. The first kappa shape index (κ1) is 21.8. The Labute approximate surface area is 193 Å². The number of amides is 3. The predicted octanol–water partition coefficient (Wildman–Crippen LogP) is 5.57. The average Bonchev–Trinajstić information content (AvgIpc) is 3.01. The zero-order valence-electron chi connectivity index (χ0n) is 17.3. The van der Waals surface area contributed by atoms with Crippen LogP contribution in [0.15, 0.2) is 76.9 Å². The first-order valence-corrected chi connectivity index (χ1v) is 10.8. The topological polar surface area (TPSA) is 58.6 Å². The van der Waals surface area contributed by atoms with Crippen LogP contribution >= 0.6 is 15.9 Å². The Morgan fingerprint density at radius 3 is 2.59 bits per heavy atom. The van der Waals surface area contributed by atoms with Crippen LogP contribution < -0.4 is 10.1 Å². The summed E-state index contributed by atoms with van der Waals surface area (Å²) in [6.07, 6.45) is 1.59. The molecule has 3 amide bonds. The van der Waals surface area contributed by atoms with Crippen molar-refractivity contribution >= 4 is 33.9 Å². The third-order valence-electron chi connectivity index (χ3n) is 4.94. The molecular formula is C25H20BrFN2O3. The standard InChI is InChI=1S/C25H20BrFN2O3/c1-16-4-2-5-17(10-16)14-29-24(30)22(28-25(29)31)13-19-12-20(26)8-9-23(19)32-15-18-6-3-7-21(27)11-18/h2-13H,14-15H2,1H3,(H,28,31)/b22-13+. The summed E-state index contributed by atoms with van der Waals surface area (Å²) in [5.74, 6) is -0.242. The van der Waals surface area contributed by atoms with Gasteiger partial charge in [0.2, 0.25) is 0 Å². The molecule has 7 heteroatoms. The third kappa shape index (κ3) is 5.06. The summed E-state index contributed by atoms with van der Waals surface area (Å²) in [7, 11) is 0. The smallest absolute Gasteiger partial charge is 0.329 e. The van der Waals surface area contributed by atoms with Gasteiger partial charge in [0.1, 0.15) is 23.9 Å². The lowest BCUT2D eigenvalue weighted by atomic mass is 10.1. The minimum Gasteiger partial charge on any atom is -0.488 e. The Kier molecular flexibility index (Phi) is 6.37. The summed E-state index contributed by atoms with van der Waals surface area (Å²) in [4.78, 5) is 26.5. The second kappa shape index (κ2) is 9.36. The molecule has 1 saturated heterocycles. The van der Waals surface area contributed by atoms with E-state index in [1.54, 1.807) is 30.3 Å². The van der Waals surface area contributed by atoms with Crippen molar-refractivity contribution < 1.29 is 18.7 Å². The monoisotopic (exact) mass is 494 g/mol. The summed E-state index contributed by atoms with van der Waals surface area (Å²) in [5.41, 5.74) is 3.38. The maximum atomic E-state index is 13.4. The van der Waals surface area contributed by atoms with Gasteiger partial charge < -0.3 is 10.1 Å². The molecule has 1 N–H and O–H groups in total. The fourth-order valence-electron chi connectivity index (χ4n) is 3.42. The summed E-state index contributed by atoms with van der Waals surface area (Å²) >= 11 is 3.42. The van der Waals surface area contributed by atoms with Crippen molar-refractivity contribution in [2.24, 2.45) is 0 Å². The number of halogens is 2. The normalized spacial score (nSPS) is 14.7. The lowest BCUT2D eigenvalue weighted by molar-refractivity contribution is -0.123. The van der Waals surface area contributed by atoms with Gasteiger partial charge in [-0.15, -0.1) is 0 Å². The molecule has 0 unspecified atom stereocenters. The van der Waals surface area contributed by atoms with E-state index in [1.807, 2.05) is 37.3 Å². The van der Waals surface area contributed by atoms with Gasteiger partial charge in [0, 0.05) is 10.0 Å². The van der Waals surface area contributed by atoms with Crippen LogP contribution in [0.4, 0.5) is 9.18 Å². The number of hydrogen-bond acceptors (Lipinski definition) is 3. The number of carbonyl (C=O) groups is 2. The average molecular weight is 495 g/mol. The first-order valence-electron chi connectivity index (χ1n) is 9.96. The van der Waals surface area contributed by atoms with E-state index in [-0.39, 0.29) is 24.7 Å². The molecule has 32 heavy (non-hydrogen) atoms. The molecule has 0 atom stereocenters. The molecule has 0 saturated carbocycles. The lowest BCUT2D eigenvalue weighted by Crippen LogP contribution is -2.30. The molecule has 162 valence electrons. The van der Waals surface area contributed by atoms with Crippen molar-refractivity contribution in [3.63, 3.8) is 0 Å². The summed E-state index contributed by atoms with van der Waals surface area (Å²) in [6.45, 7) is 2.31. The number of ether oxygens (including phenoxy) is 1. The molecule has 0 radical (unpaired) electrons. The van der Waals surface area contributed by atoms with Crippen molar-refractivity contribution in [2.45, 2.75) is 20.1 Å². The molecule has 5 nitrogen and oxygen atoms in total. The molecule has 4 rings (SSSR count). The van der Waals surface area contributed by atoms with E-state index in [9.17, 15) is 14.0 Å². The molecule has 1 fully saturated rings. The van der Waals surface area contributed by atoms with Gasteiger partial charge in [0.25, 0.3) is 5.91 Å². The number of carbonyl (C=O) groups excluding carboxylic acids is 2. The Hall–Kier alpha value is -3.45. The molecule has 1 aliphatic rings. The highest BCUT2D eigenvalue weighted by Gasteiger charge is 2.33. The maximum absolute atomic E-state index is 13.4. The minimum atomic E-state index is -0.472. The van der Waals surface area contributed by atoms with Gasteiger partial charge in [-0.05, 0) is 54.5 Å². The fourth-order valence-corrected chi connectivity index (χ4v) is 3.79. The molecule has 1 aliphatic heterocycles. The SMILES string of the molecule is Cc1cccc(CN2C(=O)N/C(=C/c3cc(Br)ccc3OCc3cccc(F)c3)C2=O)c1. The highest BCUT2D eigenvalue weighted by Crippen LogP contribution is 2.28. The fraction of sp³-hybridized carbons (Fsp3) is 0.120. The molecule has 3 aromatic rings. The van der Waals surface area contributed by atoms with Crippen molar-refractivity contribution in [1.29, 1.82) is 0 Å². The second-order valence-corrected chi connectivity index (χ2v) is 8.38. The number of benzene rings is 3. The number of urea groups is 1. The van der Waals surface area contributed by atoms with Crippen molar-refractivity contribution in [1.82, 2.24) is 10.2 Å². The van der Waals surface area contributed by atoms with Crippen LogP contribution in [-0.4, -0.2) is 16.8 Å². The van der Waals surface area contributed by atoms with E-state index >= 15 is 0 Å². The number of rotatable bonds is 6. The van der Waals surface area contributed by atoms with Gasteiger partial charge in [0.15, 0.2) is 0 Å². The number of nitrogens with one attached hydrogen (secondary N) is 1. The highest BCUT2D eigenvalue weighted by molar-refractivity contribution is 9.10. The van der Waals surface area contributed by atoms with Gasteiger partial charge in [-0.3, -0.25) is 9.69 Å². The van der Waals surface area contributed by atoms with Crippen molar-refractivity contribution in [3.8, 4) is 5.75 Å². The van der Waals surface area contributed by atoms with Gasteiger partial charge in [0.05, 0.1) is 6.54 Å². The molecule has 0 aromatic heterocycles. The minimum absolute atomic E-state index is 0.162. The van der Waals surface area contributed by atoms with Gasteiger partial charge in [-0.2, -0.15) is 0 Å². The van der Waals surface area contributed by atoms with E-state index in [0.717, 1.165) is 15.6 Å². The van der Waals surface area contributed by atoms with Crippen molar-refractivity contribution in [3.05, 3.63) is 105 Å². The van der Waals surface area contributed by atoms with E-state index in [4.69, 9.17) is 4.74 Å². The van der Waals surface area contributed by atoms with Crippen LogP contribution in [0, 0.1) is 12.7 Å². The number of imide groups is 1. The largest absolute Gasteiger partial charge is 0.488 e. The summed E-state index contributed by atoms with van der Waals surface area (Å²) in [6, 6.07) is 18.7. The number of aryl methyl sites for hydroxylation is 1. The highest BCUT2D eigenvalue weighted by atomic mass is 79.9. The maximum Gasteiger partial charge on any atom is 0.329 e. The van der Waals surface area contributed by atoms with Gasteiger partial charge in [-0.25, -0.2) is 9.18 Å². The molecule has 0 spiro atoms. The molecule has 0 bridgehead atoms. The number of nitrogens with zero attached hydrogens (tertiary/aromatic N) is 1. The second-order valence-electron chi connectivity index (χ2n) is 7.47. The molecule has 0 aliphatic carbocycles. The van der Waals surface area contributed by atoms with Crippen LogP contribution in [-0.2, 0) is 17.9 Å². The van der Waals surface area contributed by atoms with Crippen LogP contribution in [0.2, 0.25) is 0 Å². The Bertz CT molecular complexity index is 1230. The van der Waals surface area contributed by atoms with Gasteiger partial charge in [-0.1, -0.05) is 57.9 Å². The van der Waals surface area contributed by atoms with E-state index in [1.165, 1.54) is 17.0 Å². The van der Waals surface area contributed by atoms with E-state index in [2.05, 4.69) is 21.2 Å². The summed E-state index contributed by atoms with van der Waals surface area (Å²) < 4.78 is 20.1. The van der Waals surface area contributed by atoms with Crippen LogP contribution in [0.1, 0.15) is 22.3 Å². The van der Waals surface area contributed by atoms with E-state index in [0.29, 0.717) is 16.9 Å². The zero-order valence-corrected chi connectivity index (χ0v) is 18.9. The van der Waals surface area contributed by atoms with Crippen LogP contribution in [0.3, 0.4) is 0 Å². The Morgan fingerprint density at radius 2 is 1.81 bits per heavy atom. The lowest BCUT2D eigenvalue weighted by Gasteiger charge is -2.12. The third-order valence-corrected chi connectivity index (χ3v) is 5.43. The molecule has 1 heterocycles. The quantitative estimate of drug-likeness (QED) is 0.360. The van der Waals surface area contributed by atoms with Crippen LogP contribution in [0.25, 0.3) is 6.08 Å². The van der Waals surface area contributed by atoms with Gasteiger partial charge >= 0.3 is 6.03 Å². The first-order chi connectivity index (χ1) is 15.4.